The van der Waals surface area contributed by atoms with Crippen molar-refractivity contribution in [3.05, 3.63) is 21.5 Å². The highest BCUT2D eigenvalue weighted by Gasteiger charge is 2.25. The van der Waals surface area contributed by atoms with Crippen molar-refractivity contribution in [3.63, 3.8) is 0 Å². The van der Waals surface area contributed by atoms with Gasteiger partial charge in [0.15, 0.2) is 5.78 Å². The minimum Gasteiger partial charge on any atom is -0.298 e. The molecule has 0 aliphatic carbocycles. The van der Waals surface area contributed by atoms with Gasteiger partial charge in [-0.15, -0.1) is 0 Å². The number of carbonyl (C=O) groups is 1. The van der Waals surface area contributed by atoms with Crippen molar-refractivity contribution < 1.29 is 9.72 Å². The smallest absolute Gasteiger partial charge is 0.298 e. The first-order valence-electron chi connectivity index (χ1n) is 5.23. The van der Waals surface area contributed by atoms with Gasteiger partial charge in [0, 0.05) is 0 Å². The second-order valence-electron chi connectivity index (χ2n) is 3.57. The highest BCUT2D eigenvalue weighted by molar-refractivity contribution is 5.75. The fourth-order valence-electron chi connectivity index (χ4n) is 1.68. The van der Waals surface area contributed by atoms with E-state index in [9.17, 15) is 14.9 Å². The van der Waals surface area contributed by atoms with Crippen LogP contribution in [0, 0.1) is 10.1 Å². The topological polar surface area (TPSA) is 78.0 Å². The quantitative estimate of drug-likeness (QED) is 0.562. The summed E-state index contributed by atoms with van der Waals surface area (Å²) in [6.45, 7) is 5.18. The lowest BCUT2D eigenvalue weighted by Gasteiger charge is -2.01. The zero-order valence-electron chi connectivity index (χ0n) is 9.69. The number of ketones is 1. The fraction of sp³-hybridized carbons (Fsp3) is 0.600. The Morgan fingerprint density at radius 3 is 2.44 bits per heavy atom. The Bertz CT molecular complexity index is 423. The Morgan fingerprint density at radius 2 is 2.06 bits per heavy atom. The molecule has 1 rings (SSSR count). The number of carbonyl (C=O) groups excluding carboxylic acids is 1. The van der Waals surface area contributed by atoms with Gasteiger partial charge in [-0.05, 0) is 19.8 Å². The summed E-state index contributed by atoms with van der Waals surface area (Å²) >= 11 is 0. The summed E-state index contributed by atoms with van der Waals surface area (Å²) in [5.41, 5.74) is 1.03. The third kappa shape index (κ3) is 2.26. The van der Waals surface area contributed by atoms with E-state index < -0.39 is 4.92 Å². The third-order valence-electron chi connectivity index (χ3n) is 2.32. The molecule has 16 heavy (non-hydrogen) atoms. The minimum atomic E-state index is -0.415. The summed E-state index contributed by atoms with van der Waals surface area (Å²) in [5, 5.41) is 15.0. The Kier molecular flexibility index (Phi) is 3.76. The van der Waals surface area contributed by atoms with Crippen molar-refractivity contribution >= 4 is 11.5 Å². The van der Waals surface area contributed by atoms with Gasteiger partial charge in [-0.2, -0.15) is 5.10 Å². The maximum Gasteiger partial charge on any atom is 0.313 e. The number of aryl methyl sites for hydroxylation is 1. The van der Waals surface area contributed by atoms with Crippen molar-refractivity contribution in [1.29, 1.82) is 0 Å². The molecule has 0 spiro atoms. The zero-order valence-corrected chi connectivity index (χ0v) is 9.69. The van der Waals surface area contributed by atoms with Crippen LogP contribution in [-0.2, 0) is 24.2 Å². The Labute approximate surface area is 93.4 Å². The molecule has 6 nitrogen and oxygen atoms in total. The molecular formula is C10H15N3O3. The molecule has 0 aliphatic rings. The molecule has 88 valence electrons. The second-order valence-corrected chi connectivity index (χ2v) is 3.57. The zero-order chi connectivity index (χ0) is 12.3. The SMILES string of the molecule is CCc1nn(CC(C)=O)c(CC)c1[N+](=O)[O-]. The van der Waals surface area contributed by atoms with E-state index in [4.69, 9.17) is 0 Å². The monoisotopic (exact) mass is 225 g/mol. The van der Waals surface area contributed by atoms with Crippen LogP contribution < -0.4 is 0 Å². The Morgan fingerprint density at radius 1 is 1.44 bits per heavy atom. The van der Waals surface area contributed by atoms with Gasteiger partial charge in [0.25, 0.3) is 0 Å². The van der Waals surface area contributed by atoms with Gasteiger partial charge >= 0.3 is 5.69 Å². The lowest BCUT2D eigenvalue weighted by Crippen LogP contribution is -2.11. The van der Waals surface area contributed by atoms with Crippen molar-refractivity contribution in [2.24, 2.45) is 0 Å². The molecule has 1 aromatic rings. The summed E-state index contributed by atoms with van der Waals surface area (Å²) in [6, 6.07) is 0. The Balaban J connectivity index is 3.29. The number of hydrogen-bond acceptors (Lipinski definition) is 4. The van der Waals surface area contributed by atoms with E-state index in [2.05, 4.69) is 5.10 Å². The molecule has 0 N–H and O–H groups in total. The van der Waals surface area contributed by atoms with Crippen molar-refractivity contribution in [3.8, 4) is 0 Å². The molecule has 1 aromatic heterocycles. The molecule has 0 fully saturated rings. The van der Waals surface area contributed by atoms with Gasteiger partial charge in [-0.1, -0.05) is 13.8 Å². The van der Waals surface area contributed by atoms with Crippen LogP contribution in [0.5, 0.6) is 0 Å². The summed E-state index contributed by atoms with van der Waals surface area (Å²) < 4.78 is 1.44. The highest BCUT2D eigenvalue weighted by Crippen LogP contribution is 2.24. The average molecular weight is 225 g/mol. The van der Waals surface area contributed by atoms with Crippen LogP contribution >= 0.6 is 0 Å². The Hall–Kier alpha value is -1.72. The number of nitro groups is 1. The van der Waals surface area contributed by atoms with Gasteiger partial charge in [-0.25, -0.2) is 0 Å². The van der Waals surface area contributed by atoms with E-state index in [1.807, 2.05) is 13.8 Å². The molecule has 0 atom stereocenters. The first-order chi connectivity index (χ1) is 7.51. The van der Waals surface area contributed by atoms with E-state index in [1.54, 1.807) is 0 Å². The van der Waals surface area contributed by atoms with Crippen LogP contribution in [0.1, 0.15) is 32.2 Å². The minimum absolute atomic E-state index is 0.0604. The number of Topliss-reactive ketones (excluding diaryl/α,β-unsaturated/α-hetero) is 1. The van der Waals surface area contributed by atoms with E-state index >= 15 is 0 Å². The maximum absolute atomic E-state index is 11.0. The van der Waals surface area contributed by atoms with Gasteiger partial charge in [-0.3, -0.25) is 19.6 Å². The summed E-state index contributed by atoms with van der Waals surface area (Å²) in [6.07, 6.45) is 0.991. The summed E-state index contributed by atoms with van der Waals surface area (Å²) in [4.78, 5) is 21.5. The molecule has 0 unspecified atom stereocenters. The molecule has 0 saturated heterocycles. The highest BCUT2D eigenvalue weighted by atomic mass is 16.6. The number of rotatable bonds is 5. The average Bonchev–Trinajstić information content (AvgIpc) is 2.54. The van der Waals surface area contributed by atoms with E-state index in [-0.39, 0.29) is 18.0 Å². The van der Waals surface area contributed by atoms with E-state index in [0.717, 1.165) is 0 Å². The molecule has 1 heterocycles. The van der Waals surface area contributed by atoms with Gasteiger partial charge in [0.1, 0.15) is 11.4 Å². The van der Waals surface area contributed by atoms with Crippen LogP contribution in [-0.4, -0.2) is 20.5 Å². The van der Waals surface area contributed by atoms with Gasteiger partial charge in [0.2, 0.25) is 0 Å². The molecule has 0 aliphatic heterocycles. The van der Waals surface area contributed by atoms with Crippen LogP contribution in [0.2, 0.25) is 0 Å². The molecule has 0 radical (unpaired) electrons. The predicted molar refractivity (Wildman–Crippen MR) is 58.3 cm³/mol. The molecule has 0 amide bonds. The molecule has 6 heteroatoms. The van der Waals surface area contributed by atoms with Crippen LogP contribution in [0.15, 0.2) is 0 Å². The van der Waals surface area contributed by atoms with Gasteiger partial charge < -0.3 is 0 Å². The third-order valence-corrected chi connectivity index (χ3v) is 2.32. The van der Waals surface area contributed by atoms with E-state index in [0.29, 0.717) is 24.2 Å². The molecule has 0 aromatic carbocycles. The molecule has 0 bridgehead atoms. The maximum atomic E-state index is 11.0. The lowest BCUT2D eigenvalue weighted by molar-refractivity contribution is -0.386. The second kappa shape index (κ2) is 4.87. The van der Waals surface area contributed by atoms with Crippen molar-refractivity contribution in [1.82, 2.24) is 9.78 Å². The predicted octanol–water partition coefficient (Wildman–Crippen LogP) is 1.51. The fourth-order valence-corrected chi connectivity index (χ4v) is 1.68. The van der Waals surface area contributed by atoms with Crippen LogP contribution in [0.3, 0.4) is 0 Å². The largest absolute Gasteiger partial charge is 0.313 e. The number of hydrogen-bond donors (Lipinski definition) is 0. The standard InChI is InChI=1S/C10H15N3O3/c1-4-8-10(13(15)16)9(5-2)12(11-8)6-7(3)14/h4-6H2,1-3H3. The lowest BCUT2D eigenvalue weighted by atomic mass is 10.2. The van der Waals surface area contributed by atoms with E-state index in [1.165, 1.54) is 11.6 Å². The van der Waals surface area contributed by atoms with Gasteiger partial charge in [0.05, 0.1) is 11.5 Å². The number of aromatic nitrogens is 2. The van der Waals surface area contributed by atoms with Crippen LogP contribution in [0.25, 0.3) is 0 Å². The summed E-state index contributed by atoms with van der Waals surface area (Å²) in [5.74, 6) is -0.0604. The van der Waals surface area contributed by atoms with Crippen LogP contribution in [0.4, 0.5) is 5.69 Å². The normalized spacial score (nSPS) is 10.4. The van der Waals surface area contributed by atoms with Crippen molar-refractivity contribution in [2.75, 3.05) is 0 Å². The first kappa shape index (κ1) is 12.4. The number of nitrogens with zero attached hydrogens (tertiary/aromatic N) is 3. The first-order valence-corrected chi connectivity index (χ1v) is 5.23. The van der Waals surface area contributed by atoms with Crippen molar-refractivity contribution in [2.45, 2.75) is 40.2 Å². The summed E-state index contributed by atoms with van der Waals surface area (Å²) in [7, 11) is 0. The molecule has 0 saturated carbocycles. The molecular weight excluding hydrogens is 210 g/mol.